The standard InChI is InChI=1S/C24H28FN5O3/c1-32-19-8-5-17(6-9-19)27-24-28-22(26-18-7-10-21(33-2)20(25)12-18)13-23(29-24)30-11-3-4-16(14-30)15-31/h5-10,12-13,16,31H,3-4,11,14-15H2,1-2H3,(H2,26,27,28,29). The summed E-state index contributed by atoms with van der Waals surface area (Å²) in [5, 5.41) is 16.0. The summed E-state index contributed by atoms with van der Waals surface area (Å²) in [5.41, 5.74) is 1.35. The summed E-state index contributed by atoms with van der Waals surface area (Å²) in [6.45, 7) is 1.70. The zero-order valence-corrected chi connectivity index (χ0v) is 18.7. The Morgan fingerprint density at radius 2 is 1.82 bits per heavy atom. The molecule has 0 amide bonds. The molecule has 8 nitrogen and oxygen atoms in total. The molecule has 1 saturated heterocycles. The van der Waals surface area contributed by atoms with Gasteiger partial charge in [0.25, 0.3) is 0 Å². The van der Waals surface area contributed by atoms with Crippen molar-refractivity contribution < 1.29 is 19.0 Å². The van der Waals surface area contributed by atoms with Crippen LogP contribution in [-0.4, -0.2) is 49.0 Å². The fourth-order valence-corrected chi connectivity index (χ4v) is 3.83. The van der Waals surface area contributed by atoms with Gasteiger partial charge in [-0.15, -0.1) is 0 Å². The minimum Gasteiger partial charge on any atom is -0.497 e. The van der Waals surface area contributed by atoms with Gasteiger partial charge in [-0.2, -0.15) is 9.97 Å². The summed E-state index contributed by atoms with van der Waals surface area (Å²) >= 11 is 0. The fraction of sp³-hybridized carbons (Fsp3) is 0.333. The third kappa shape index (κ3) is 5.61. The van der Waals surface area contributed by atoms with Crippen molar-refractivity contribution in [1.29, 1.82) is 0 Å². The number of ether oxygens (including phenoxy) is 2. The second-order valence-electron chi connectivity index (χ2n) is 7.90. The third-order valence-electron chi connectivity index (χ3n) is 5.58. The Bertz CT molecular complexity index is 1080. The van der Waals surface area contributed by atoms with Crippen molar-refractivity contribution in [1.82, 2.24) is 9.97 Å². The molecule has 0 spiro atoms. The first-order valence-corrected chi connectivity index (χ1v) is 10.8. The minimum atomic E-state index is -0.463. The fourth-order valence-electron chi connectivity index (χ4n) is 3.83. The van der Waals surface area contributed by atoms with E-state index in [0.717, 1.165) is 36.6 Å². The van der Waals surface area contributed by atoms with Gasteiger partial charge in [0, 0.05) is 43.2 Å². The molecule has 9 heteroatoms. The lowest BCUT2D eigenvalue weighted by Crippen LogP contribution is -2.37. The summed E-state index contributed by atoms with van der Waals surface area (Å²) in [4.78, 5) is 11.4. The number of piperidine rings is 1. The van der Waals surface area contributed by atoms with Crippen molar-refractivity contribution in [2.45, 2.75) is 12.8 Å². The van der Waals surface area contributed by atoms with Crippen LogP contribution in [0, 0.1) is 11.7 Å². The average molecular weight is 454 g/mol. The van der Waals surface area contributed by atoms with E-state index in [2.05, 4.69) is 20.5 Å². The Labute approximate surface area is 192 Å². The number of aliphatic hydroxyl groups excluding tert-OH is 1. The van der Waals surface area contributed by atoms with Gasteiger partial charge < -0.3 is 30.1 Å². The molecule has 3 aromatic rings. The first-order valence-electron chi connectivity index (χ1n) is 10.8. The summed E-state index contributed by atoms with van der Waals surface area (Å²) in [6, 6.07) is 13.9. The number of aromatic nitrogens is 2. The maximum Gasteiger partial charge on any atom is 0.231 e. The highest BCUT2D eigenvalue weighted by atomic mass is 19.1. The zero-order valence-electron chi connectivity index (χ0n) is 18.7. The lowest BCUT2D eigenvalue weighted by atomic mass is 9.99. The van der Waals surface area contributed by atoms with E-state index in [0.29, 0.717) is 24.0 Å². The molecule has 1 aliphatic rings. The van der Waals surface area contributed by atoms with Crippen molar-refractivity contribution in [3.63, 3.8) is 0 Å². The molecule has 1 aromatic heterocycles. The number of hydrogen-bond acceptors (Lipinski definition) is 8. The van der Waals surface area contributed by atoms with E-state index in [9.17, 15) is 9.50 Å². The van der Waals surface area contributed by atoms with Gasteiger partial charge in [0.15, 0.2) is 11.6 Å². The SMILES string of the molecule is COc1ccc(Nc2nc(Nc3ccc(OC)c(F)c3)cc(N3CCCC(CO)C3)n2)cc1. The van der Waals surface area contributed by atoms with E-state index in [4.69, 9.17) is 14.5 Å². The number of hydrogen-bond donors (Lipinski definition) is 3. The van der Waals surface area contributed by atoms with Crippen LogP contribution < -0.4 is 25.0 Å². The molecular formula is C24H28FN5O3. The van der Waals surface area contributed by atoms with Crippen LogP contribution in [0.15, 0.2) is 48.5 Å². The molecule has 0 saturated carbocycles. The van der Waals surface area contributed by atoms with Gasteiger partial charge in [0.05, 0.1) is 14.2 Å². The van der Waals surface area contributed by atoms with Gasteiger partial charge in [-0.1, -0.05) is 0 Å². The van der Waals surface area contributed by atoms with Crippen LogP contribution in [0.3, 0.4) is 0 Å². The Kier molecular flexibility index (Phi) is 7.09. The molecule has 2 heterocycles. The second kappa shape index (κ2) is 10.4. The van der Waals surface area contributed by atoms with E-state index in [1.165, 1.54) is 13.2 Å². The van der Waals surface area contributed by atoms with Crippen LogP contribution in [0.25, 0.3) is 0 Å². The van der Waals surface area contributed by atoms with Crippen molar-refractivity contribution in [2.75, 3.05) is 49.4 Å². The topological polar surface area (TPSA) is 91.8 Å². The average Bonchev–Trinajstić information content (AvgIpc) is 2.84. The molecule has 0 aliphatic carbocycles. The summed E-state index contributed by atoms with van der Waals surface area (Å²) in [6.07, 6.45) is 1.97. The monoisotopic (exact) mass is 453 g/mol. The molecule has 1 unspecified atom stereocenters. The Hall–Kier alpha value is -3.59. The molecule has 1 atom stereocenters. The lowest BCUT2D eigenvalue weighted by molar-refractivity contribution is 0.208. The Morgan fingerprint density at radius 3 is 2.52 bits per heavy atom. The quantitative estimate of drug-likeness (QED) is 0.464. The van der Waals surface area contributed by atoms with E-state index < -0.39 is 5.82 Å². The van der Waals surface area contributed by atoms with Gasteiger partial charge >= 0.3 is 0 Å². The first-order chi connectivity index (χ1) is 16.1. The number of methoxy groups -OCH3 is 2. The highest BCUT2D eigenvalue weighted by molar-refractivity contribution is 5.65. The van der Waals surface area contributed by atoms with Crippen LogP contribution in [-0.2, 0) is 0 Å². The van der Waals surface area contributed by atoms with Gasteiger partial charge in [-0.3, -0.25) is 0 Å². The second-order valence-corrected chi connectivity index (χ2v) is 7.90. The highest BCUT2D eigenvalue weighted by Gasteiger charge is 2.21. The summed E-state index contributed by atoms with van der Waals surface area (Å²) < 4.78 is 24.4. The molecule has 1 aliphatic heterocycles. The van der Waals surface area contributed by atoms with Crippen molar-refractivity contribution in [2.24, 2.45) is 5.92 Å². The summed E-state index contributed by atoms with van der Waals surface area (Å²) in [5.74, 6) is 2.33. The predicted molar refractivity (Wildman–Crippen MR) is 127 cm³/mol. The van der Waals surface area contributed by atoms with Gasteiger partial charge in [-0.25, -0.2) is 4.39 Å². The van der Waals surface area contributed by atoms with Crippen LogP contribution in [0.2, 0.25) is 0 Å². The van der Waals surface area contributed by atoms with Gasteiger partial charge in [0.2, 0.25) is 5.95 Å². The number of nitrogens with zero attached hydrogens (tertiary/aromatic N) is 3. The van der Waals surface area contributed by atoms with Crippen LogP contribution in [0.5, 0.6) is 11.5 Å². The van der Waals surface area contributed by atoms with Crippen molar-refractivity contribution >= 4 is 29.0 Å². The number of anilines is 5. The molecule has 174 valence electrons. The Balaban J connectivity index is 1.63. The lowest BCUT2D eigenvalue weighted by Gasteiger charge is -2.33. The van der Waals surface area contributed by atoms with Crippen LogP contribution in [0.1, 0.15) is 12.8 Å². The van der Waals surface area contributed by atoms with E-state index in [-0.39, 0.29) is 18.3 Å². The smallest absolute Gasteiger partial charge is 0.231 e. The molecule has 0 radical (unpaired) electrons. The molecule has 33 heavy (non-hydrogen) atoms. The molecule has 2 aromatic carbocycles. The highest BCUT2D eigenvalue weighted by Crippen LogP contribution is 2.28. The minimum absolute atomic E-state index is 0.148. The van der Waals surface area contributed by atoms with Gasteiger partial charge in [-0.05, 0) is 55.2 Å². The predicted octanol–water partition coefficient (Wildman–Crippen LogP) is 4.33. The van der Waals surface area contributed by atoms with Crippen molar-refractivity contribution in [3.8, 4) is 11.5 Å². The number of rotatable bonds is 8. The molecule has 1 fully saturated rings. The third-order valence-corrected chi connectivity index (χ3v) is 5.58. The van der Waals surface area contributed by atoms with E-state index >= 15 is 0 Å². The molecule has 4 rings (SSSR count). The maximum absolute atomic E-state index is 14.2. The molecule has 0 bridgehead atoms. The first kappa shape index (κ1) is 22.6. The molecular weight excluding hydrogens is 425 g/mol. The van der Waals surface area contributed by atoms with Gasteiger partial charge in [0.1, 0.15) is 17.4 Å². The maximum atomic E-state index is 14.2. The van der Waals surface area contributed by atoms with E-state index in [1.54, 1.807) is 19.2 Å². The number of halogens is 1. The number of nitrogens with one attached hydrogen (secondary N) is 2. The van der Waals surface area contributed by atoms with Crippen molar-refractivity contribution in [3.05, 3.63) is 54.3 Å². The number of aliphatic hydroxyl groups is 1. The normalized spacial score (nSPS) is 15.8. The zero-order chi connectivity index (χ0) is 23.2. The summed E-state index contributed by atoms with van der Waals surface area (Å²) in [7, 11) is 3.05. The number of benzene rings is 2. The van der Waals surface area contributed by atoms with E-state index in [1.807, 2.05) is 30.3 Å². The Morgan fingerprint density at radius 1 is 1.03 bits per heavy atom. The molecule has 3 N–H and O–H groups in total. The van der Waals surface area contributed by atoms with Crippen LogP contribution in [0.4, 0.5) is 33.3 Å². The largest absolute Gasteiger partial charge is 0.497 e. The van der Waals surface area contributed by atoms with Crippen LogP contribution >= 0.6 is 0 Å².